The van der Waals surface area contributed by atoms with Crippen LogP contribution in [0.4, 0.5) is 0 Å². The van der Waals surface area contributed by atoms with Crippen LogP contribution in [-0.4, -0.2) is 98.2 Å². The van der Waals surface area contributed by atoms with Gasteiger partial charge in [-0.25, -0.2) is 4.79 Å². The van der Waals surface area contributed by atoms with Crippen molar-refractivity contribution in [3.63, 3.8) is 0 Å². The van der Waals surface area contributed by atoms with Crippen molar-refractivity contribution in [2.45, 2.75) is 68.7 Å². The number of likely N-dealkylation sites (tertiary alicyclic amines) is 1. The molecule has 1 saturated heterocycles. The van der Waals surface area contributed by atoms with Crippen molar-refractivity contribution in [1.29, 1.82) is 0 Å². The summed E-state index contributed by atoms with van der Waals surface area (Å²) in [5.74, 6) is -0.947. The number of carbonyl (C=O) groups excluding carboxylic acids is 1. The predicted molar refractivity (Wildman–Crippen MR) is 152 cm³/mol. The fourth-order valence-corrected chi connectivity index (χ4v) is 11.7. The van der Waals surface area contributed by atoms with Crippen LogP contribution in [0.15, 0.2) is 36.4 Å². The van der Waals surface area contributed by atoms with Crippen molar-refractivity contribution < 1.29 is 34.0 Å². The third kappa shape index (κ3) is 3.52. The zero-order valence-electron chi connectivity index (χ0n) is 24.6. The number of hydrogen-bond acceptors (Lipinski definition) is 8. The summed E-state index contributed by atoms with van der Waals surface area (Å²) in [6.45, 7) is 4.50. The summed E-state index contributed by atoms with van der Waals surface area (Å²) in [6.07, 6.45) is 4.57. The lowest BCUT2D eigenvalue weighted by Crippen LogP contribution is -2.76. The zero-order valence-corrected chi connectivity index (χ0v) is 24.6. The number of aliphatic hydroxyl groups excluding tert-OH is 1. The Kier molecular flexibility index (Phi) is 6.73. The van der Waals surface area contributed by atoms with Crippen molar-refractivity contribution in [2.24, 2.45) is 40.4 Å². The van der Waals surface area contributed by atoms with Crippen molar-refractivity contribution in [1.82, 2.24) is 4.90 Å². The van der Waals surface area contributed by atoms with Crippen molar-refractivity contribution in [2.75, 3.05) is 41.0 Å². The fourth-order valence-electron chi connectivity index (χ4n) is 11.7. The first-order valence-electron chi connectivity index (χ1n) is 15.4. The third-order valence-electron chi connectivity index (χ3n) is 12.6. The highest BCUT2D eigenvalue weighted by Crippen LogP contribution is 2.79. The molecule has 6 aliphatic rings. The van der Waals surface area contributed by atoms with E-state index in [0.29, 0.717) is 19.4 Å². The molecular weight excluding hydrogens is 522 g/mol. The number of piperidine rings is 1. The molecule has 41 heavy (non-hydrogen) atoms. The van der Waals surface area contributed by atoms with E-state index in [1.807, 2.05) is 30.3 Å². The topological polar surface area (TPSA) is 97.7 Å². The fraction of sp³-hybridized carbons (Fsp3) is 0.727. The van der Waals surface area contributed by atoms with Crippen LogP contribution >= 0.6 is 0 Å². The Hall–Kier alpha value is -1.81. The summed E-state index contributed by atoms with van der Waals surface area (Å²) in [7, 11) is 5.24. The summed E-state index contributed by atoms with van der Waals surface area (Å²) >= 11 is 0. The first kappa shape index (κ1) is 28.0. The van der Waals surface area contributed by atoms with E-state index < -0.39 is 29.2 Å². The van der Waals surface area contributed by atoms with Gasteiger partial charge >= 0.3 is 5.97 Å². The maximum Gasteiger partial charge on any atom is 0.331 e. The average Bonchev–Trinajstić information content (AvgIpc) is 3.41. The SMILES string of the molecule is CCN1C[C@]2(COC)CC[C@H](O)[C@@]34[C@@H]5C[C@H]6[C@H](OC(=O)/C=C/c7ccccc7)[C@@H]5[C@](O)(C[C@@H]6OC)[C@@H]([C@H](OC)[C@H]23)[C@@H]14. The molecule has 0 radical (unpaired) electrons. The molecule has 6 fully saturated rings. The van der Waals surface area contributed by atoms with Crippen LogP contribution in [0.3, 0.4) is 0 Å². The first-order chi connectivity index (χ1) is 19.8. The second-order valence-electron chi connectivity index (χ2n) is 13.7. The van der Waals surface area contributed by atoms with E-state index >= 15 is 0 Å². The maximum atomic E-state index is 13.3. The summed E-state index contributed by atoms with van der Waals surface area (Å²) in [5.41, 5.74) is -0.881. The molecular formula is C33H45NO7. The van der Waals surface area contributed by atoms with Gasteiger partial charge in [0.2, 0.25) is 0 Å². The molecule has 0 unspecified atom stereocenters. The molecule has 5 saturated carbocycles. The second-order valence-corrected chi connectivity index (χ2v) is 13.7. The second kappa shape index (κ2) is 9.86. The lowest BCUT2D eigenvalue weighted by Gasteiger charge is -2.68. The van der Waals surface area contributed by atoms with E-state index in [0.717, 1.165) is 31.5 Å². The number of carbonyl (C=O) groups is 1. The van der Waals surface area contributed by atoms with Crippen molar-refractivity contribution >= 4 is 12.0 Å². The molecule has 7 rings (SSSR count). The normalized spacial score (nSPS) is 49.4. The van der Waals surface area contributed by atoms with Crippen LogP contribution < -0.4 is 0 Å². The molecule has 8 nitrogen and oxygen atoms in total. The van der Waals surface area contributed by atoms with Crippen LogP contribution in [-0.2, 0) is 23.7 Å². The van der Waals surface area contributed by atoms with E-state index in [9.17, 15) is 15.0 Å². The number of esters is 1. The van der Waals surface area contributed by atoms with Crippen LogP contribution in [0, 0.1) is 40.4 Å². The summed E-state index contributed by atoms with van der Waals surface area (Å²) in [5, 5.41) is 25.2. The Bertz CT molecular complexity index is 1190. The molecule has 5 aliphatic carbocycles. The quantitative estimate of drug-likeness (QED) is 0.366. The standard InChI is InChI=1S/C33H45NO7/c1-5-34-17-31(18-38-2)14-13-23(35)33-21-15-20-22(39-3)16-32(37,26(30(33)34)28(40-4)29(31)33)25(21)27(20)41-24(36)12-11-19-9-7-6-8-10-19/h6-12,20-23,25-30,35,37H,5,13-18H2,1-4H3/b12-11+/t20-,21-,22+,23+,25-,26+,27+,28+,29-,30-,31+,32-,33+/m1/s1. The molecule has 1 heterocycles. The average molecular weight is 568 g/mol. The van der Waals surface area contributed by atoms with Crippen LogP contribution in [0.5, 0.6) is 0 Å². The van der Waals surface area contributed by atoms with Gasteiger partial charge in [-0.15, -0.1) is 0 Å². The van der Waals surface area contributed by atoms with E-state index in [-0.39, 0.29) is 53.3 Å². The van der Waals surface area contributed by atoms with Gasteiger partial charge in [-0.2, -0.15) is 0 Å². The Balaban J connectivity index is 1.34. The van der Waals surface area contributed by atoms with Gasteiger partial charge in [0.15, 0.2) is 0 Å². The van der Waals surface area contributed by atoms with E-state index in [1.165, 1.54) is 6.08 Å². The monoisotopic (exact) mass is 567 g/mol. The van der Waals surface area contributed by atoms with E-state index in [4.69, 9.17) is 18.9 Å². The first-order valence-corrected chi connectivity index (χ1v) is 15.4. The maximum absolute atomic E-state index is 13.3. The number of methoxy groups -OCH3 is 3. The molecule has 8 heteroatoms. The van der Waals surface area contributed by atoms with Gasteiger partial charge in [-0.1, -0.05) is 37.3 Å². The molecule has 1 aliphatic heterocycles. The smallest absolute Gasteiger partial charge is 0.331 e. The van der Waals surface area contributed by atoms with Crippen LogP contribution in [0.25, 0.3) is 6.08 Å². The van der Waals surface area contributed by atoms with Crippen molar-refractivity contribution in [3.05, 3.63) is 42.0 Å². The highest BCUT2D eigenvalue weighted by atomic mass is 16.5. The van der Waals surface area contributed by atoms with Gasteiger partial charge in [0.05, 0.1) is 30.5 Å². The molecule has 13 atom stereocenters. The number of rotatable bonds is 8. The predicted octanol–water partition coefficient (Wildman–Crippen LogP) is 2.77. The minimum absolute atomic E-state index is 0.0161. The summed E-state index contributed by atoms with van der Waals surface area (Å²) < 4.78 is 24.7. The van der Waals surface area contributed by atoms with Gasteiger partial charge in [0, 0.05) is 80.9 Å². The van der Waals surface area contributed by atoms with Gasteiger partial charge in [0.25, 0.3) is 0 Å². The number of ether oxygens (including phenoxy) is 4. The molecule has 1 spiro atoms. The van der Waals surface area contributed by atoms with Gasteiger partial charge in [-0.05, 0) is 43.4 Å². The Morgan fingerprint density at radius 3 is 2.59 bits per heavy atom. The minimum atomic E-state index is -1.16. The molecule has 0 aromatic heterocycles. The lowest BCUT2D eigenvalue weighted by atomic mass is 9.43. The molecule has 224 valence electrons. The van der Waals surface area contributed by atoms with E-state index in [2.05, 4.69) is 11.8 Å². The van der Waals surface area contributed by atoms with Gasteiger partial charge in [-0.3, -0.25) is 4.90 Å². The highest BCUT2D eigenvalue weighted by Gasteiger charge is 2.86. The zero-order chi connectivity index (χ0) is 28.7. The summed E-state index contributed by atoms with van der Waals surface area (Å²) in [6, 6.07) is 9.68. The number of hydrogen-bond donors (Lipinski definition) is 2. The molecule has 2 N–H and O–H groups in total. The molecule has 7 bridgehead atoms. The summed E-state index contributed by atoms with van der Waals surface area (Å²) in [4.78, 5) is 15.8. The Morgan fingerprint density at radius 2 is 1.90 bits per heavy atom. The van der Waals surface area contributed by atoms with Gasteiger partial charge < -0.3 is 29.2 Å². The van der Waals surface area contributed by atoms with Gasteiger partial charge in [0.1, 0.15) is 6.10 Å². The lowest BCUT2D eigenvalue weighted by molar-refractivity contribution is -0.273. The van der Waals surface area contributed by atoms with Crippen LogP contribution in [0.2, 0.25) is 0 Å². The number of nitrogens with zero attached hydrogens (tertiary/aromatic N) is 1. The molecule has 0 amide bonds. The minimum Gasteiger partial charge on any atom is -0.458 e. The molecule has 1 aromatic rings. The number of aliphatic hydroxyl groups is 2. The Labute approximate surface area is 243 Å². The van der Waals surface area contributed by atoms with Crippen LogP contribution in [0.1, 0.15) is 38.2 Å². The number of fused-ring (bicyclic) bond motifs is 2. The number of benzene rings is 1. The van der Waals surface area contributed by atoms with E-state index in [1.54, 1.807) is 27.4 Å². The largest absolute Gasteiger partial charge is 0.458 e. The Morgan fingerprint density at radius 1 is 1.12 bits per heavy atom. The third-order valence-corrected chi connectivity index (χ3v) is 12.6. The molecule has 1 aromatic carbocycles. The van der Waals surface area contributed by atoms with Crippen molar-refractivity contribution in [3.8, 4) is 0 Å². The highest BCUT2D eigenvalue weighted by molar-refractivity contribution is 5.87.